The summed E-state index contributed by atoms with van der Waals surface area (Å²) in [6.07, 6.45) is 34.2. The number of unbranched alkanes of at least 4 members (excludes halogenated alkanes) is 25. The molecule has 0 rings (SSSR count). The van der Waals surface area contributed by atoms with Gasteiger partial charge in [-0.05, 0) is 12.8 Å². The topological polar surface area (TPSA) is 94.1 Å². The summed E-state index contributed by atoms with van der Waals surface area (Å²) in [5, 5.41) is 0. The molecule has 2 unspecified atom stereocenters. The fraction of sp³-hybridized carbons (Fsp3) is 0.975. The van der Waals surface area contributed by atoms with Crippen LogP contribution in [0.4, 0.5) is 0 Å². The van der Waals surface area contributed by atoms with E-state index in [1.54, 1.807) is 0 Å². The molecule has 0 aliphatic rings. The second-order valence-corrected chi connectivity index (χ2v) is 16.8. The fourth-order valence-corrected chi connectivity index (χ4v) is 6.63. The molecule has 0 aromatic heterocycles. The van der Waals surface area contributed by atoms with Crippen molar-refractivity contribution < 1.29 is 37.3 Å². The molecule has 0 saturated carbocycles. The number of quaternary nitrogens is 1. The van der Waals surface area contributed by atoms with Gasteiger partial charge in [0, 0.05) is 13.0 Å². The van der Waals surface area contributed by atoms with E-state index in [-0.39, 0.29) is 25.8 Å². The third-order valence-corrected chi connectivity index (χ3v) is 10.1. The van der Waals surface area contributed by atoms with Gasteiger partial charge in [-0.25, -0.2) is 0 Å². The molecule has 0 aliphatic heterocycles. The van der Waals surface area contributed by atoms with Crippen molar-refractivity contribution in [1.29, 1.82) is 0 Å². The van der Waals surface area contributed by atoms with Gasteiger partial charge in [0.15, 0.2) is 0 Å². The van der Waals surface area contributed by atoms with Gasteiger partial charge < -0.3 is 27.9 Å². The van der Waals surface area contributed by atoms with Crippen LogP contribution in [-0.4, -0.2) is 70.7 Å². The highest BCUT2D eigenvalue weighted by Crippen LogP contribution is 2.38. The van der Waals surface area contributed by atoms with Crippen molar-refractivity contribution in [3.8, 4) is 0 Å². The minimum Gasteiger partial charge on any atom is -0.756 e. The van der Waals surface area contributed by atoms with E-state index in [9.17, 15) is 14.3 Å². The molecule has 49 heavy (non-hydrogen) atoms. The summed E-state index contributed by atoms with van der Waals surface area (Å²) < 4.78 is 34.4. The first kappa shape index (κ1) is 48.5. The molecule has 0 amide bonds. The summed E-state index contributed by atoms with van der Waals surface area (Å²) >= 11 is 0. The Bertz CT molecular complexity index is 761. The number of hydrogen-bond acceptors (Lipinski definition) is 7. The number of rotatable bonds is 39. The number of likely N-dealkylation sites (N-methyl/N-ethyl adjacent to an activating group) is 1. The van der Waals surface area contributed by atoms with E-state index in [1.807, 2.05) is 21.1 Å². The normalized spacial score (nSPS) is 13.8. The summed E-state index contributed by atoms with van der Waals surface area (Å²) in [6, 6.07) is 0. The van der Waals surface area contributed by atoms with E-state index in [2.05, 4.69) is 13.8 Å². The SMILES string of the molecule is CCCCCCCCCCCCCCCCCCCCCCOCC(COP(=O)([O-])OCC[N+](C)(C)C)OC(=O)CCCCCCCCC. The van der Waals surface area contributed by atoms with Crippen LogP contribution >= 0.6 is 7.82 Å². The molecule has 0 bridgehead atoms. The van der Waals surface area contributed by atoms with Gasteiger partial charge in [-0.3, -0.25) is 9.36 Å². The zero-order chi connectivity index (χ0) is 36.3. The van der Waals surface area contributed by atoms with Crippen LogP contribution in [0, 0.1) is 0 Å². The molecule has 0 aliphatic carbocycles. The number of carbonyl (C=O) groups is 1. The van der Waals surface area contributed by atoms with Gasteiger partial charge in [0.1, 0.15) is 19.3 Å². The molecule has 2 atom stereocenters. The molecule has 8 nitrogen and oxygen atoms in total. The summed E-state index contributed by atoms with van der Waals surface area (Å²) in [7, 11) is 1.37. The van der Waals surface area contributed by atoms with Crippen molar-refractivity contribution in [1.82, 2.24) is 0 Å². The van der Waals surface area contributed by atoms with E-state index in [1.165, 1.54) is 141 Å². The Hall–Kier alpha value is -0.500. The summed E-state index contributed by atoms with van der Waals surface area (Å²) in [6.45, 7) is 5.41. The molecule has 9 heteroatoms. The third kappa shape index (κ3) is 38.6. The lowest BCUT2D eigenvalue weighted by Gasteiger charge is -2.28. The maximum Gasteiger partial charge on any atom is 0.306 e. The molecule has 0 saturated heterocycles. The largest absolute Gasteiger partial charge is 0.756 e. The smallest absolute Gasteiger partial charge is 0.306 e. The molecule has 0 fully saturated rings. The zero-order valence-electron chi connectivity index (χ0n) is 33.2. The van der Waals surface area contributed by atoms with E-state index < -0.39 is 13.9 Å². The Kier molecular flexibility index (Phi) is 34.2. The first-order valence-corrected chi connectivity index (χ1v) is 22.2. The summed E-state index contributed by atoms with van der Waals surface area (Å²) in [5.74, 6) is -0.337. The number of hydrogen-bond donors (Lipinski definition) is 0. The Labute approximate surface area is 304 Å². The van der Waals surface area contributed by atoms with Crippen LogP contribution in [0.15, 0.2) is 0 Å². The summed E-state index contributed by atoms with van der Waals surface area (Å²) in [4.78, 5) is 24.8. The molecule has 294 valence electrons. The minimum absolute atomic E-state index is 0.0307. The van der Waals surface area contributed by atoms with Crippen LogP contribution in [0.5, 0.6) is 0 Å². The Balaban J connectivity index is 4.03. The van der Waals surface area contributed by atoms with E-state index in [0.29, 0.717) is 24.1 Å². The number of ether oxygens (including phenoxy) is 2. The molecular weight excluding hydrogens is 637 g/mol. The number of phosphoric acid groups is 1. The van der Waals surface area contributed by atoms with Crippen LogP contribution in [0.1, 0.15) is 194 Å². The molecule has 0 radical (unpaired) electrons. The van der Waals surface area contributed by atoms with Gasteiger partial charge in [0.25, 0.3) is 7.82 Å². The molecule has 0 heterocycles. The zero-order valence-corrected chi connectivity index (χ0v) is 34.1. The predicted molar refractivity (Wildman–Crippen MR) is 204 cm³/mol. The van der Waals surface area contributed by atoms with Gasteiger partial charge in [-0.1, -0.05) is 174 Å². The highest BCUT2D eigenvalue weighted by Gasteiger charge is 2.20. The van der Waals surface area contributed by atoms with E-state index >= 15 is 0 Å². The highest BCUT2D eigenvalue weighted by atomic mass is 31.2. The number of esters is 1. The van der Waals surface area contributed by atoms with Gasteiger partial charge in [-0.2, -0.15) is 0 Å². The number of phosphoric ester groups is 1. The average Bonchev–Trinajstić information content (AvgIpc) is 3.04. The predicted octanol–water partition coefficient (Wildman–Crippen LogP) is 11.1. The lowest BCUT2D eigenvalue weighted by atomic mass is 10.0. The van der Waals surface area contributed by atoms with Crippen molar-refractivity contribution >= 4 is 13.8 Å². The lowest BCUT2D eigenvalue weighted by Crippen LogP contribution is -2.37. The van der Waals surface area contributed by atoms with Crippen LogP contribution < -0.4 is 4.89 Å². The van der Waals surface area contributed by atoms with Crippen LogP contribution in [-0.2, 0) is 27.9 Å². The maximum absolute atomic E-state index is 12.5. The van der Waals surface area contributed by atoms with Gasteiger partial charge in [0.2, 0.25) is 0 Å². The molecule has 0 spiro atoms. The summed E-state index contributed by atoms with van der Waals surface area (Å²) in [5.41, 5.74) is 0. The monoisotopic (exact) mass is 720 g/mol. The Morgan fingerprint density at radius 1 is 0.551 bits per heavy atom. The van der Waals surface area contributed by atoms with Crippen LogP contribution in [0.2, 0.25) is 0 Å². The molecule has 0 aromatic rings. The third-order valence-electron chi connectivity index (χ3n) is 9.16. The molecule has 0 aromatic carbocycles. The van der Waals surface area contributed by atoms with Crippen molar-refractivity contribution in [3.05, 3.63) is 0 Å². The van der Waals surface area contributed by atoms with E-state index in [0.717, 1.165) is 32.1 Å². The van der Waals surface area contributed by atoms with Crippen molar-refractivity contribution in [2.75, 3.05) is 54.1 Å². The Morgan fingerprint density at radius 3 is 1.35 bits per heavy atom. The Morgan fingerprint density at radius 2 is 0.939 bits per heavy atom. The van der Waals surface area contributed by atoms with Gasteiger partial charge >= 0.3 is 5.97 Å². The van der Waals surface area contributed by atoms with Gasteiger partial charge in [-0.15, -0.1) is 0 Å². The van der Waals surface area contributed by atoms with Crippen LogP contribution in [0.3, 0.4) is 0 Å². The van der Waals surface area contributed by atoms with E-state index in [4.69, 9.17) is 18.5 Å². The highest BCUT2D eigenvalue weighted by molar-refractivity contribution is 7.45. The molecular formula is C40H82NO7P. The van der Waals surface area contributed by atoms with Crippen LogP contribution in [0.25, 0.3) is 0 Å². The maximum atomic E-state index is 12.5. The second kappa shape index (κ2) is 34.6. The second-order valence-electron chi connectivity index (χ2n) is 15.4. The molecule has 0 N–H and O–H groups in total. The number of carbonyl (C=O) groups excluding carboxylic acids is 1. The van der Waals surface area contributed by atoms with Crippen molar-refractivity contribution in [2.45, 2.75) is 200 Å². The lowest BCUT2D eigenvalue weighted by molar-refractivity contribution is -0.870. The fourth-order valence-electron chi connectivity index (χ4n) is 5.90. The minimum atomic E-state index is -4.50. The number of nitrogens with zero attached hydrogens (tertiary/aromatic N) is 1. The average molecular weight is 720 g/mol. The van der Waals surface area contributed by atoms with Crippen molar-refractivity contribution in [2.24, 2.45) is 0 Å². The first-order chi connectivity index (χ1) is 23.6. The quantitative estimate of drug-likeness (QED) is 0.0270. The standard InChI is InChI=1S/C40H82NO7P/c1-6-8-10-12-14-15-16-17-18-19-20-21-22-23-24-25-26-28-30-32-35-45-37-39(38-47-49(43,44)46-36-34-41(3,4)5)48-40(42)33-31-29-27-13-11-9-7-2/h39H,6-38H2,1-5H3. The van der Waals surface area contributed by atoms with Crippen molar-refractivity contribution in [3.63, 3.8) is 0 Å². The first-order valence-electron chi connectivity index (χ1n) is 20.8. The van der Waals surface area contributed by atoms with Gasteiger partial charge in [0.05, 0.1) is 34.4 Å².